The van der Waals surface area contributed by atoms with Crippen molar-refractivity contribution in [3.63, 3.8) is 0 Å². The Morgan fingerprint density at radius 2 is 2.05 bits per heavy atom. The standard InChI is InChI=1S/C10H4Cl2F3N3O/c11-5-2-1-3-16-7(5)9(8(12)19)4-6(17-18-9)10(13,14)15/h1-4H. The number of allylic oxidation sites excluding steroid dienone is 1. The Hall–Kier alpha value is -1.47. The summed E-state index contributed by atoms with van der Waals surface area (Å²) in [7, 11) is 0. The smallest absolute Gasteiger partial charge is 0.278 e. The number of nitrogens with zero attached hydrogens (tertiary/aromatic N) is 3. The average molecular weight is 310 g/mol. The summed E-state index contributed by atoms with van der Waals surface area (Å²) in [6.07, 6.45) is -2.97. The number of rotatable bonds is 2. The molecule has 1 aromatic rings. The lowest BCUT2D eigenvalue weighted by Gasteiger charge is -2.17. The van der Waals surface area contributed by atoms with Crippen LogP contribution in [0.2, 0.25) is 5.02 Å². The molecule has 1 aromatic heterocycles. The van der Waals surface area contributed by atoms with Gasteiger partial charge in [-0.3, -0.25) is 9.78 Å². The second kappa shape index (κ2) is 4.57. The van der Waals surface area contributed by atoms with Gasteiger partial charge in [0.2, 0.25) is 5.54 Å². The fraction of sp³-hybridized carbons (Fsp3) is 0.200. The highest BCUT2D eigenvalue weighted by Gasteiger charge is 2.49. The van der Waals surface area contributed by atoms with Crippen LogP contribution in [0.5, 0.6) is 0 Å². The number of pyridine rings is 1. The summed E-state index contributed by atoms with van der Waals surface area (Å²) in [4.78, 5) is 15.3. The van der Waals surface area contributed by atoms with Gasteiger partial charge in [-0.1, -0.05) is 11.6 Å². The lowest BCUT2D eigenvalue weighted by molar-refractivity contribution is -0.115. The van der Waals surface area contributed by atoms with Crippen molar-refractivity contribution in [2.24, 2.45) is 10.2 Å². The summed E-state index contributed by atoms with van der Waals surface area (Å²) in [5.74, 6) is 0. The number of hydrogen-bond acceptors (Lipinski definition) is 4. The molecular weight excluding hydrogens is 306 g/mol. The van der Waals surface area contributed by atoms with E-state index in [-0.39, 0.29) is 10.7 Å². The highest BCUT2D eigenvalue weighted by Crippen LogP contribution is 2.42. The molecular formula is C10H4Cl2F3N3O. The Morgan fingerprint density at radius 3 is 2.53 bits per heavy atom. The zero-order valence-corrected chi connectivity index (χ0v) is 10.5. The molecule has 1 aliphatic rings. The SMILES string of the molecule is O=C(Cl)C1(c2ncccc2Cl)C=C(C(F)(F)F)N=N1. The Morgan fingerprint density at radius 1 is 1.37 bits per heavy atom. The number of aromatic nitrogens is 1. The van der Waals surface area contributed by atoms with E-state index in [1.807, 2.05) is 0 Å². The molecule has 1 unspecified atom stereocenters. The molecule has 100 valence electrons. The summed E-state index contributed by atoms with van der Waals surface area (Å²) >= 11 is 11.2. The quantitative estimate of drug-likeness (QED) is 0.784. The normalized spacial score (nSPS) is 22.5. The van der Waals surface area contributed by atoms with E-state index >= 15 is 0 Å². The molecule has 4 nitrogen and oxygen atoms in total. The summed E-state index contributed by atoms with van der Waals surface area (Å²) in [6.45, 7) is 0. The van der Waals surface area contributed by atoms with Crippen molar-refractivity contribution < 1.29 is 18.0 Å². The number of carbonyl (C=O) groups is 1. The molecule has 1 atom stereocenters. The lowest BCUT2D eigenvalue weighted by Crippen LogP contribution is -2.28. The van der Waals surface area contributed by atoms with E-state index < -0.39 is 22.7 Å². The average Bonchev–Trinajstić information content (AvgIpc) is 2.75. The zero-order chi connectivity index (χ0) is 14.3. The first-order valence-corrected chi connectivity index (χ1v) is 5.57. The molecule has 2 rings (SSSR count). The minimum atomic E-state index is -4.74. The Kier molecular flexibility index (Phi) is 3.36. The number of azo groups is 1. The van der Waals surface area contributed by atoms with Crippen molar-refractivity contribution >= 4 is 28.4 Å². The van der Waals surface area contributed by atoms with Crippen molar-refractivity contribution in [2.75, 3.05) is 0 Å². The predicted octanol–water partition coefficient (Wildman–Crippen LogP) is 3.61. The largest absolute Gasteiger partial charge is 0.434 e. The second-order valence-corrected chi connectivity index (χ2v) is 4.35. The monoisotopic (exact) mass is 309 g/mol. The van der Waals surface area contributed by atoms with E-state index in [2.05, 4.69) is 15.2 Å². The van der Waals surface area contributed by atoms with Crippen LogP contribution in [0, 0.1) is 0 Å². The van der Waals surface area contributed by atoms with Crippen molar-refractivity contribution in [1.82, 2.24) is 4.98 Å². The summed E-state index contributed by atoms with van der Waals surface area (Å²) in [5.41, 5.74) is -3.65. The predicted molar refractivity (Wildman–Crippen MR) is 60.8 cm³/mol. The number of halogens is 5. The molecule has 0 fully saturated rings. The van der Waals surface area contributed by atoms with Crippen molar-refractivity contribution in [3.05, 3.63) is 40.8 Å². The first-order valence-electron chi connectivity index (χ1n) is 4.81. The maximum Gasteiger partial charge on any atom is 0.434 e. The van der Waals surface area contributed by atoms with Gasteiger partial charge in [0.15, 0.2) is 5.70 Å². The number of alkyl halides is 3. The van der Waals surface area contributed by atoms with Gasteiger partial charge in [-0.2, -0.15) is 18.3 Å². The molecule has 0 N–H and O–H groups in total. The summed E-state index contributed by atoms with van der Waals surface area (Å²) in [6, 6.07) is 2.82. The van der Waals surface area contributed by atoms with Gasteiger partial charge in [0.05, 0.1) is 5.02 Å². The van der Waals surface area contributed by atoms with Gasteiger partial charge in [0.1, 0.15) is 5.69 Å². The van der Waals surface area contributed by atoms with E-state index in [1.54, 1.807) is 0 Å². The molecule has 0 bridgehead atoms. The first-order chi connectivity index (χ1) is 8.77. The second-order valence-electron chi connectivity index (χ2n) is 3.60. The summed E-state index contributed by atoms with van der Waals surface area (Å²) < 4.78 is 37.7. The molecule has 1 aliphatic heterocycles. The number of carbonyl (C=O) groups excluding carboxylic acids is 1. The van der Waals surface area contributed by atoms with Crippen LogP contribution in [0.25, 0.3) is 0 Å². The number of hydrogen-bond donors (Lipinski definition) is 0. The highest BCUT2D eigenvalue weighted by molar-refractivity contribution is 6.66. The highest BCUT2D eigenvalue weighted by atomic mass is 35.5. The Labute approximate surface area is 114 Å². The lowest BCUT2D eigenvalue weighted by atomic mass is 9.96. The molecule has 2 heterocycles. The van der Waals surface area contributed by atoms with Crippen LogP contribution >= 0.6 is 23.2 Å². The molecule has 0 aliphatic carbocycles. The maximum absolute atomic E-state index is 12.6. The minimum Gasteiger partial charge on any atom is -0.278 e. The summed E-state index contributed by atoms with van der Waals surface area (Å²) in [5, 5.41) is 5.08. The van der Waals surface area contributed by atoms with Crippen LogP contribution in [-0.2, 0) is 10.3 Å². The molecule has 0 saturated heterocycles. The molecule has 9 heteroatoms. The van der Waals surface area contributed by atoms with Gasteiger partial charge in [-0.05, 0) is 29.8 Å². The fourth-order valence-electron chi connectivity index (χ4n) is 1.50. The first kappa shape index (κ1) is 14.0. The van der Waals surface area contributed by atoms with E-state index in [0.717, 1.165) is 0 Å². The minimum absolute atomic E-state index is 0.0323. The van der Waals surface area contributed by atoms with Crippen molar-refractivity contribution in [2.45, 2.75) is 11.7 Å². The topological polar surface area (TPSA) is 54.7 Å². The fourth-order valence-corrected chi connectivity index (χ4v) is 1.95. The third-order valence-corrected chi connectivity index (χ3v) is 2.96. The zero-order valence-electron chi connectivity index (χ0n) is 8.95. The van der Waals surface area contributed by atoms with Gasteiger partial charge < -0.3 is 0 Å². The van der Waals surface area contributed by atoms with E-state index in [0.29, 0.717) is 6.08 Å². The van der Waals surface area contributed by atoms with E-state index in [9.17, 15) is 18.0 Å². The third-order valence-electron chi connectivity index (χ3n) is 2.37. The van der Waals surface area contributed by atoms with Crippen LogP contribution in [0.4, 0.5) is 13.2 Å². The third kappa shape index (κ3) is 2.35. The molecule has 0 radical (unpaired) electrons. The van der Waals surface area contributed by atoms with Gasteiger partial charge in [0.25, 0.3) is 5.24 Å². The van der Waals surface area contributed by atoms with Gasteiger partial charge >= 0.3 is 6.18 Å². The van der Waals surface area contributed by atoms with Crippen molar-refractivity contribution in [3.8, 4) is 0 Å². The van der Waals surface area contributed by atoms with E-state index in [4.69, 9.17) is 23.2 Å². The van der Waals surface area contributed by atoms with Gasteiger partial charge in [-0.25, -0.2) is 0 Å². The molecule has 0 spiro atoms. The van der Waals surface area contributed by atoms with E-state index in [1.165, 1.54) is 18.3 Å². The van der Waals surface area contributed by atoms with Crippen LogP contribution in [-0.4, -0.2) is 16.4 Å². The Bertz CT molecular complexity index is 600. The van der Waals surface area contributed by atoms with Crippen LogP contribution in [0.1, 0.15) is 5.69 Å². The van der Waals surface area contributed by atoms with Crippen LogP contribution in [0.15, 0.2) is 40.3 Å². The Balaban J connectivity index is 2.62. The van der Waals surface area contributed by atoms with Crippen LogP contribution < -0.4 is 0 Å². The molecule has 0 amide bonds. The van der Waals surface area contributed by atoms with Gasteiger partial charge in [-0.15, -0.1) is 5.11 Å². The maximum atomic E-state index is 12.6. The molecule has 0 aromatic carbocycles. The van der Waals surface area contributed by atoms with Gasteiger partial charge in [0, 0.05) is 6.20 Å². The molecule has 0 saturated carbocycles. The van der Waals surface area contributed by atoms with Crippen LogP contribution in [0.3, 0.4) is 0 Å². The van der Waals surface area contributed by atoms with Crippen molar-refractivity contribution in [1.29, 1.82) is 0 Å². The molecule has 19 heavy (non-hydrogen) atoms.